The Kier molecular flexibility index (Phi) is 2.58. The monoisotopic (exact) mass is 241 g/mol. The summed E-state index contributed by atoms with van der Waals surface area (Å²) in [6.45, 7) is 0. The van der Waals surface area contributed by atoms with Gasteiger partial charge in [-0.15, -0.1) is 0 Å². The van der Waals surface area contributed by atoms with Crippen LogP contribution in [0.3, 0.4) is 0 Å². The lowest BCUT2D eigenvalue weighted by molar-refractivity contribution is 0.414. The highest BCUT2D eigenvalue weighted by atomic mass is 19.1. The lowest BCUT2D eigenvalue weighted by atomic mass is 9.88. The minimum atomic E-state index is -0.180. The van der Waals surface area contributed by atoms with Gasteiger partial charge in [0.2, 0.25) is 0 Å². The number of halogens is 1. The predicted molar refractivity (Wildman–Crippen MR) is 69.1 cm³/mol. The van der Waals surface area contributed by atoms with Gasteiger partial charge in [0.05, 0.1) is 7.11 Å². The summed E-state index contributed by atoms with van der Waals surface area (Å²) in [5, 5.41) is 0. The summed E-state index contributed by atoms with van der Waals surface area (Å²) >= 11 is 0. The summed E-state index contributed by atoms with van der Waals surface area (Å²) < 4.78 is 18.5. The van der Waals surface area contributed by atoms with E-state index in [0.29, 0.717) is 0 Å². The smallest absolute Gasteiger partial charge is 0.123 e. The number of rotatable bonds is 3. The van der Waals surface area contributed by atoms with Crippen LogP contribution in [0.5, 0.6) is 5.75 Å². The van der Waals surface area contributed by atoms with E-state index in [2.05, 4.69) is 6.42 Å². The Morgan fingerprint density at radius 2 is 1.78 bits per heavy atom. The summed E-state index contributed by atoms with van der Waals surface area (Å²) in [7, 11) is 1.65. The highest BCUT2D eigenvalue weighted by Crippen LogP contribution is 2.52. The molecule has 0 amide bonds. The summed E-state index contributed by atoms with van der Waals surface area (Å²) in [6.07, 6.45) is 3.17. The molecule has 0 aliphatic heterocycles. The van der Waals surface area contributed by atoms with Crippen molar-refractivity contribution in [1.82, 2.24) is 0 Å². The molecule has 3 rings (SSSR count). The van der Waals surface area contributed by atoms with Gasteiger partial charge in [-0.2, -0.15) is 0 Å². The Bertz CT molecular complexity index is 556. The molecule has 2 aromatic rings. The Balaban J connectivity index is 1.99. The van der Waals surface area contributed by atoms with Crippen molar-refractivity contribution in [2.75, 3.05) is 7.11 Å². The van der Waals surface area contributed by atoms with Crippen molar-refractivity contribution in [3.63, 3.8) is 0 Å². The zero-order chi connectivity index (χ0) is 12.6. The first-order chi connectivity index (χ1) is 8.74. The molecule has 1 aliphatic rings. The van der Waals surface area contributed by atoms with E-state index in [1.807, 2.05) is 30.3 Å². The molecular weight excluding hydrogens is 227 g/mol. The molecule has 0 aromatic heterocycles. The molecule has 0 heterocycles. The normalized spacial score (nSPS) is 16.3. The van der Waals surface area contributed by atoms with Gasteiger partial charge in [-0.25, -0.2) is 4.39 Å². The maximum atomic E-state index is 13.3. The van der Waals surface area contributed by atoms with Gasteiger partial charge in [-0.3, -0.25) is 0 Å². The van der Waals surface area contributed by atoms with Crippen molar-refractivity contribution in [3.05, 3.63) is 71.9 Å². The third kappa shape index (κ3) is 1.78. The Hall–Kier alpha value is -1.83. The van der Waals surface area contributed by atoms with Crippen LogP contribution in [0.4, 0.5) is 4.39 Å². The number of hydrogen-bond acceptors (Lipinski definition) is 1. The van der Waals surface area contributed by atoms with Crippen LogP contribution in [0.15, 0.2) is 48.5 Å². The molecule has 18 heavy (non-hydrogen) atoms. The fraction of sp³-hybridized carbons (Fsp3) is 0.188. The molecule has 1 aliphatic carbocycles. The fourth-order valence-electron chi connectivity index (χ4n) is 2.39. The van der Waals surface area contributed by atoms with Crippen molar-refractivity contribution >= 4 is 0 Å². The molecule has 1 atom stereocenters. The largest absolute Gasteiger partial charge is 0.497 e. The van der Waals surface area contributed by atoms with Gasteiger partial charge < -0.3 is 4.74 Å². The van der Waals surface area contributed by atoms with Gasteiger partial charge in [0, 0.05) is 5.41 Å². The number of hydrogen-bond donors (Lipinski definition) is 0. The van der Waals surface area contributed by atoms with E-state index in [1.54, 1.807) is 19.2 Å². The van der Waals surface area contributed by atoms with Crippen molar-refractivity contribution in [2.24, 2.45) is 0 Å². The predicted octanol–water partition coefficient (Wildman–Crippen LogP) is 3.73. The van der Waals surface area contributed by atoms with Crippen LogP contribution in [-0.4, -0.2) is 7.11 Å². The molecular formula is C16H14FO. The molecule has 0 saturated heterocycles. The molecule has 91 valence electrons. The second-order valence-corrected chi connectivity index (χ2v) is 4.62. The van der Waals surface area contributed by atoms with Crippen molar-refractivity contribution in [2.45, 2.75) is 11.8 Å². The molecule has 2 heteroatoms. The third-order valence-electron chi connectivity index (χ3n) is 3.56. The zero-order valence-corrected chi connectivity index (χ0v) is 10.2. The first kappa shape index (κ1) is 11.3. The SMILES string of the molecule is COc1ccc(C2(c3cccc(F)c3)[CH]C2)cc1. The lowest BCUT2D eigenvalue weighted by Crippen LogP contribution is -2.08. The quantitative estimate of drug-likeness (QED) is 0.795. The average molecular weight is 241 g/mol. The van der Waals surface area contributed by atoms with Gasteiger partial charge >= 0.3 is 0 Å². The van der Waals surface area contributed by atoms with Gasteiger partial charge in [0.1, 0.15) is 11.6 Å². The third-order valence-corrected chi connectivity index (χ3v) is 3.56. The van der Waals surface area contributed by atoms with E-state index in [-0.39, 0.29) is 11.2 Å². The molecule has 0 bridgehead atoms. The van der Waals surface area contributed by atoms with E-state index in [1.165, 1.54) is 11.6 Å². The molecule has 0 spiro atoms. The number of methoxy groups -OCH3 is 1. The van der Waals surface area contributed by atoms with Crippen molar-refractivity contribution < 1.29 is 9.13 Å². The van der Waals surface area contributed by atoms with E-state index in [9.17, 15) is 4.39 Å². The summed E-state index contributed by atoms with van der Waals surface area (Å²) in [4.78, 5) is 0. The van der Waals surface area contributed by atoms with E-state index >= 15 is 0 Å². The summed E-state index contributed by atoms with van der Waals surface area (Å²) in [6, 6.07) is 14.8. The highest BCUT2D eigenvalue weighted by Gasteiger charge is 2.46. The zero-order valence-electron chi connectivity index (χ0n) is 10.2. The standard InChI is InChI=1S/C16H14FO/c1-18-15-7-5-12(6-8-15)16(9-10-16)13-3-2-4-14(17)11-13/h2-9,11H,10H2,1H3. The van der Waals surface area contributed by atoms with Crippen LogP contribution < -0.4 is 4.74 Å². The van der Waals surface area contributed by atoms with Gasteiger partial charge in [0.15, 0.2) is 0 Å². The van der Waals surface area contributed by atoms with Gasteiger partial charge in [0.25, 0.3) is 0 Å². The van der Waals surface area contributed by atoms with E-state index < -0.39 is 0 Å². The second kappa shape index (κ2) is 4.13. The van der Waals surface area contributed by atoms with Crippen LogP contribution >= 0.6 is 0 Å². The Morgan fingerprint density at radius 1 is 1.06 bits per heavy atom. The summed E-state index contributed by atoms with van der Waals surface area (Å²) in [5.74, 6) is 0.662. The molecule has 1 nitrogen and oxygen atoms in total. The Morgan fingerprint density at radius 3 is 2.33 bits per heavy atom. The minimum absolute atomic E-state index is 0.103. The van der Waals surface area contributed by atoms with Crippen molar-refractivity contribution in [1.29, 1.82) is 0 Å². The molecule has 1 saturated carbocycles. The molecule has 1 fully saturated rings. The van der Waals surface area contributed by atoms with E-state index in [4.69, 9.17) is 4.74 Å². The minimum Gasteiger partial charge on any atom is -0.497 e. The number of ether oxygens (including phenoxy) is 1. The molecule has 1 radical (unpaired) electrons. The maximum Gasteiger partial charge on any atom is 0.123 e. The van der Waals surface area contributed by atoms with Crippen molar-refractivity contribution in [3.8, 4) is 5.75 Å². The second-order valence-electron chi connectivity index (χ2n) is 4.62. The average Bonchev–Trinajstić information content (AvgIpc) is 3.20. The van der Waals surface area contributed by atoms with E-state index in [0.717, 1.165) is 17.7 Å². The van der Waals surface area contributed by atoms with Crippen LogP contribution in [0.25, 0.3) is 0 Å². The first-order valence-electron chi connectivity index (χ1n) is 5.99. The Labute approximate surface area is 106 Å². The fourth-order valence-corrected chi connectivity index (χ4v) is 2.39. The topological polar surface area (TPSA) is 9.23 Å². The van der Waals surface area contributed by atoms with Crippen LogP contribution in [0, 0.1) is 12.2 Å². The first-order valence-corrected chi connectivity index (χ1v) is 5.99. The molecule has 1 unspecified atom stereocenters. The highest BCUT2D eigenvalue weighted by molar-refractivity contribution is 5.52. The number of benzene rings is 2. The maximum absolute atomic E-state index is 13.3. The van der Waals surface area contributed by atoms with Gasteiger partial charge in [-0.05, 0) is 48.2 Å². The summed E-state index contributed by atoms with van der Waals surface area (Å²) in [5.41, 5.74) is 2.11. The van der Waals surface area contributed by atoms with Crippen LogP contribution in [0.2, 0.25) is 0 Å². The van der Waals surface area contributed by atoms with Gasteiger partial charge in [-0.1, -0.05) is 24.3 Å². The van der Waals surface area contributed by atoms with Crippen LogP contribution in [-0.2, 0) is 5.41 Å². The molecule has 2 aromatic carbocycles. The molecule has 0 N–H and O–H groups in total. The van der Waals surface area contributed by atoms with Crippen LogP contribution in [0.1, 0.15) is 17.5 Å². The lowest BCUT2D eigenvalue weighted by Gasteiger charge is -2.16.